The molecule has 0 radical (unpaired) electrons. The standard InChI is InChI=1S/C15H15NO3/c17-14(9-8-12-5-2-1-3-6-12)16-10-4-7-13(11-16)15(18)19/h1-3,5-9H,4,10-11H2,(H,18,19). The summed E-state index contributed by atoms with van der Waals surface area (Å²) in [6, 6.07) is 9.52. The fourth-order valence-corrected chi connectivity index (χ4v) is 1.92. The van der Waals surface area contributed by atoms with Gasteiger partial charge in [0, 0.05) is 12.6 Å². The van der Waals surface area contributed by atoms with Gasteiger partial charge in [0.1, 0.15) is 0 Å². The minimum atomic E-state index is -0.954. The Kier molecular flexibility index (Phi) is 4.13. The van der Waals surface area contributed by atoms with Crippen molar-refractivity contribution >= 4 is 18.0 Å². The van der Waals surface area contributed by atoms with E-state index in [-0.39, 0.29) is 18.0 Å². The number of rotatable bonds is 3. The Balaban J connectivity index is 2.00. The van der Waals surface area contributed by atoms with Crippen LogP contribution < -0.4 is 0 Å². The highest BCUT2D eigenvalue weighted by Crippen LogP contribution is 2.11. The molecule has 1 aliphatic rings. The maximum atomic E-state index is 12.0. The number of amides is 1. The van der Waals surface area contributed by atoms with Crippen molar-refractivity contribution in [2.75, 3.05) is 13.1 Å². The summed E-state index contributed by atoms with van der Waals surface area (Å²) < 4.78 is 0. The highest BCUT2D eigenvalue weighted by atomic mass is 16.4. The molecule has 0 atom stereocenters. The van der Waals surface area contributed by atoms with Crippen molar-refractivity contribution in [3.63, 3.8) is 0 Å². The Morgan fingerprint density at radius 1 is 1.21 bits per heavy atom. The first-order valence-corrected chi connectivity index (χ1v) is 6.11. The fraction of sp³-hybridized carbons (Fsp3) is 0.200. The van der Waals surface area contributed by atoms with Gasteiger partial charge < -0.3 is 10.0 Å². The Morgan fingerprint density at radius 2 is 1.95 bits per heavy atom. The number of hydrogen-bond acceptors (Lipinski definition) is 2. The van der Waals surface area contributed by atoms with Crippen molar-refractivity contribution in [2.24, 2.45) is 0 Å². The van der Waals surface area contributed by atoms with Gasteiger partial charge >= 0.3 is 5.97 Å². The predicted molar refractivity (Wildman–Crippen MR) is 72.4 cm³/mol. The molecular weight excluding hydrogens is 242 g/mol. The molecule has 0 unspecified atom stereocenters. The van der Waals surface area contributed by atoms with Crippen LogP contribution in [0.3, 0.4) is 0 Å². The van der Waals surface area contributed by atoms with Crippen LogP contribution in [0.5, 0.6) is 0 Å². The van der Waals surface area contributed by atoms with Gasteiger partial charge in [-0.1, -0.05) is 36.4 Å². The Morgan fingerprint density at radius 3 is 2.63 bits per heavy atom. The molecule has 0 saturated heterocycles. The van der Waals surface area contributed by atoms with E-state index in [4.69, 9.17) is 5.11 Å². The van der Waals surface area contributed by atoms with Gasteiger partial charge in [-0.2, -0.15) is 0 Å². The van der Waals surface area contributed by atoms with Gasteiger partial charge in [0.05, 0.1) is 12.1 Å². The second-order valence-corrected chi connectivity index (χ2v) is 4.33. The molecular formula is C15H15NO3. The molecule has 0 spiro atoms. The smallest absolute Gasteiger partial charge is 0.333 e. The first-order valence-electron chi connectivity index (χ1n) is 6.11. The zero-order valence-corrected chi connectivity index (χ0v) is 10.5. The zero-order chi connectivity index (χ0) is 13.7. The maximum absolute atomic E-state index is 12.0. The second-order valence-electron chi connectivity index (χ2n) is 4.33. The van der Waals surface area contributed by atoms with Crippen molar-refractivity contribution in [1.29, 1.82) is 0 Å². The molecule has 98 valence electrons. The van der Waals surface area contributed by atoms with Crippen LogP contribution in [0, 0.1) is 0 Å². The zero-order valence-electron chi connectivity index (χ0n) is 10.5. The number of carbonyl (C=O) groups is 2. The minimum absolute atomic E-state index is 0.157. The van der Waals surface area contributed by atoms with Crippen LogP contribution in [0.1, 0.15) is 12.0 Å². The molecule has 1 aromatic rings. The molecule has 4 nitrogen and oxygen atoms in total. The number of hydrogen-bond donors (Lipinski definition) is 1. The lowest BCUT2D eigenvalue weighted by Gasteiger charge is -2.24. The van der Waals surface area contributed by atoms with E-state index < -0.39 is 5.97 Å². The van der Waals surface area contributed by atoms with Gasteiger partial charge in [-0.05, 0) is 18.1 Å². The third kappa shape index (κ3) is 3.55. The number of carboxylic acid groups (broad SMARTS) is 1. The average Bonchev–Trinajstić information content (AvgIpc) is 2.46. The van der Waals surface area contributed by atoms with Crippen LogP contribution in [0.25, 0.3) is 6.08 Å². The monoisotopic (exact) mass is 257 g/mol. The summed E-state index contributed by atoms with van der Waals surface area (Å²) in [5.41, 5.74) is 1.23. The number of aliphatic carboxylic acids is 1. The normalized spacial score (nSPS) is 15.4. The van der Waals surface area contributed by atoms with Crippen molar-refractivity contribution in [2.45, 2.75) is 6.42 Å². The number of carboxylic acids is 1. The summed E-state index contributed by atoms with van der Waals surface area (Å²) in [5, 5.41) is 8.92. The molecule has 0 fully saturated rings. The Hall–Kier alpha value is -2.36. The quantitative estimate of drug-likeness (QED) is 0.842. The molecule has 1 aromatic carbocycles. The van der Waals surface area contributed by atoms with Gasteiger partial charge in [-0.3, -0.25) is 4.79 Å². The van der Waals surface area contributed by atoms with Gasteiger partial charge in [-0.25, -0.2) is 4.79 Å². The summed E-state index contributed by atoms with van der Waals surface area (Å²) in [7, 11) is 0. The number of carbonyl (C=O) groups excluding carboxylic acids is 1. The summed E-state index contributed by atoms with van der Waals surface area (Å²) in [6.45, 7) is 0.738. The van der Waals surface area contributed by atoms with E-state index in [9.17, 15) is 9.59 Å². The molecule has 1 heterocycles. The molecule has 1 amide bonds. The Bertz CT molecular complexity index is 532. The first-order chi connectivity index (χ1) is 9.16. The molecule has 0 aliphatic carbocycles. The molecule has 1 aliphatic heterocycles. The molecule has 2 rings (SSSR count). The molecule has 1 N–H and O–H groups in total. The van der Waals surface area contributed by atoms with Crippen molar-refractivity contribution in [1.82, 2.24) is 4.90 Å². The van der Waals surface area contributed by atoms with E-state index in [0.29, 0.717) is 13.0 Å². The summed E-state index contributed by atoms with van der Waals surface area (Å²) in [6.07, 6.45) is 5.49. The Labute approximate surface area is 111 Å². The first kappa shape index (κ1) is 13.1. The predicted octanol–water partition coefficient (Wildman–Crippen LogP) is 1.94. The minimum Gasteiger partial charge on any atom is -0.478 e. The third-order valence-corrected chi connectivity index (χ3v) is 2.96. The second kappa shape index (κ2) is 6.00. The lowest BCUT2D eigenvalue weighted by Crippen LogP contribution is -2.36. The van der Waals surface area contributed by atoms with Crippen LogP contribution in [-0.2, 0) is 9.59 Å². The summed E-state index contributed by atoms with van der Waals surface area (Å²) in [5.74, 6) is -1.11. The van der Waals surface area contributed by atoms with E-state index in [2.05, 4.69) is 0 Å². The molecule has 0 saturated carbocycles. The van der Waals surface area contributed by atoms with Crippen LogP contribution in [0.2, 0.25) is 0 Å². The van der Waals surface area contributed by atoms with Crippen molar-refractivity contribution in [3.05, 3.63) is 53.6 Å². The van der Waals surface area contributed by atoms with Crippen molar-refractivity contribution in [3.8, 4) is 0 Å². The molecule has 19 heavy (non-hydrogen) atoms. The number of nitrogens with zero attached hydrogens (tertiary/aromatic N) is 1. The topological polar surface area (TPSA) is 57.6 Å². The molecule has 4 heteroatoms. The average molecular weight is 257 g/mol. The van der Waals surface area contributed by atoms with Crippen molar-refractivity contribution < 1.29 is 14.7 Å². The summed E-state index contributed by atoms with van der Waals surface area (Å²) >= 11 is 0. The van der Waals surface area contributed by atoms with Crippen LogP contribution >= 0.6 is 0 Å². The highest BCUT2D eigenvalue weighted by molar-refractivity contribution is 5.94. The van der Waals surface area contributed by atoms with Crippen LogP contribution in [-0.4, -0.2) is 35.0 Å². The largest absolute Gasteiger partial charge is 0.478 e. The number of benzene rings is 1. The lowest BCUT2D eigenvalue weighted by atomic mass is 10.1. The fourth-order valence-electron chi connectivity index (χ4n) is 1.92. The summed E-state index contributed by atoms with van der Waals surface area (Å²) in [4.78, 5) is 24.4. The molecule has 0 bridgehead atoms. The van der Waals surface area contributed by atoms with E-state index in [1.807, 2.05) is 30.3 Å². The van der Waals surface area contributed by atoms with E-state index in [0.717, 1.165) is 5.56 Å². The SMILES string of the molecule is O=C(O)C1=CCCN(C(=O)C=Cc2ccccc2)C1. The molecule has 0 aromatic heterocycles. The maximum Gasteiger partial charge on any atom is 0.333 e. The van der Waals surface area contributed by atoms with Gasteiger partial charge in [0.2, 0.25) is 5.91 Å². The van der Waals surface area contributed by atoms with E-state index >= 15 is 0 Å². The lowest BCUT2D eigenvalue weighted by molar-refractivity contribution is -0.133. The third-order valence-electron chi connectivity index (χ3n) is 2.96. The van der Waals surface area contributed by atoms with Crippen LogP contribution in [0.15, 0.2) is 48.1 Å². The van der Waals surface area contributed by atoms with Gasteiger partial charge in [-0.15, -0.1) is 0 Å². The van der Waals surface area contributed by atoms with E-state index in [1.165, 1.54) is 6.08 Å². The van der Waals surface area contributed by atoms with Crippen LogP contribution in [0.4, 0.5) is 0 Å². The van der Waals surface area contributed by atoms with Gasteiger partial charge in [0.25, 0.3) is 0 Å². The highest BCUT2D eigenvalue weighted by Gasteiger charge is 2.19. The van der Waals surface area contributed by atoms with E-state index in [1.54, 1.807) is 17.1 Å². The van der Waals surface area contributed by atoms with Gasteiger partial charge in [0.15, 0.2) is 0 Å².